The van der Waals surface area contributed by atoms with E-state index in [4.69, 9.17) is 4.74 Å². The van der Waals surface area contributed by atoms with Gasteiger partial charge in [0.15, 0.2) is 0 Å². The molecule has 0 radical (unpaired) electrons. The van der Waals surface area contributed by atoms with Crippen molar-refractivity contribution in [2.75, 3.05) is 19.8 Å². The van der Waals surface area contributed by atoms with Crippen LogP contribution in [0.2, 0.25) is 0 Å². The van der Waals surface area contributed by atoms with Gasteiger partial charge >= 0.3 is 0 Å². The lowest BCUT2D eigenvalue weighted by atomic mass is 9.97. The Hall–Kier alpha value is -0.380. The molecule has 2 nitrogen and oxygen atoms in total. The first-order valence-corrected chi connectivity index (χ1v) is 7.16. The van der Waals surface area contributed by atoms with Crippen molar-refractivity contribution in [3.63, 3.8) is 0 Å². The third kappa shape index (κ3) is 3.30. The van der Waals surface area contributed by atoms with E-state index in [9.17, 15) is 0 Å². The van der Waals surface area contributed by atoms with Crippen molar-refractivity contribution in [3.05, 3.63) is 22.4 Å². The van der Waals surface area contributed by atoms with Gasteiger partial charge in [0.25, 0.3) is 0 Å². The van der Waals surface area contributed by atoms with Crippen LogP contribution in [0.4, 0.5) is 0 Å². The van der Waals surface area contributed by atoms with E-state index in [1.165, 1.54) is 18.4 Å². The topological polar surface area (TPSA) is 21.3 Å². The summed E-state index contributed by atoms with van der Waals surface area (Å²) < 4.78 is 5.45. The number of hydrogen-bond donors (Lipinski definition) is 1. The van der Waals surface area contributed by atoms with Crippen molar-refractivity contribution in [2.24, 2.45) is 5.92 Å². The van der Waals surface area contributed by atoms with Crippen LogP contribution in [-0.4, -0.2) is 25.8 Å². The van der Waals surface area contributed by atoms with Gasteiger partial charge in [-0.2, -0.15) is 11.3 Å². The molecular weight excluding hydrogens is 218 g/mol. The fraction of sp³-hybridized carbons (Fsp3) is 0.692. The summed E-state index contributed by atoms with van der Waals surface area (Å²) in [6.45, 7) is 5.25. The maximum Gasteiger partial charge on any atom is 0.0509 e. The first-order valence-electron chi connectivity index (χ1n) is 6.22. The molecule has 2 heterocycles. The molecule has 3 heteroatoms. The largest absolute Gasteiger partial charge is 0.381 e. The van der Waals surface area contributed by atoms with E-state index in [-0.39, 0.29) is 0 Å². The summed E-state index contributed by atoms with van der Waals surface area (Å²) in [6.07, 6.45) is 3.58. The van der Waals surface area contributed by atoms with Crippen LogP contribution < -0.4 is 5.32 Å². The standard InChI is InChI=1S/C13H21NOS/c1-2-13(12-4-7-15-9-12)14-6-3-11-5-8-16-10-11/h5,8,10,12-14H,2-4,6-7,9H2,1H3. The zero-order valence-corrected chi connectivity index (χ0v) is 10.8. The molecule has 1 N–H and O–H groups in total. The highest BCUT2D eigenvalue weighted by molar-refractivity contribution is 7.07. The summed E-state index contributed by atoms with van der Waals surface area (Å²) in [7, 11) is 0. The van der Waals surface area contributed by atoms with Gasteiger partial charge in [-0.3, -0.25) is 0 Å². The van der Waals surface area contributed by atoms with Gasteiger partial charge in [0.05, 0.1) is 6.61 Å². The van der Waals surface area contributed by atoms with Crippen LogP contribution in [0.3, 0.4) is 0 Å². The van der Waals surface area contributed by atoms with Crippen LogP contribution in [0, 0.1) is 5.92 Å². The van der Waals surface area contributed by atoms with Crippen LogP contribution >= 0.6 is 11.3 Å². The minimum absolute atomic E-state index is 0.640. The number of thiophene rings is 1. The Bertz CT molecular complexity index is 280. The minimum atomic E-state index is 0.640. The SMILES string of the molecule is CCC(NCCc1ccsc1)C1CCOC1. The molecule has 1 saturated heterocycles. The van der Waals surface area contributed by atoms with E-state index in [1.54, 1.807) is 11.3 Å². The Morgan fingerprint density at radius 2 is 2.56 bits per heavy atom. The third-order valence-corrected chi connectivity index (χ3v) is 4.11. The molecule has 0 bridgehead atoms. The molecule has 1 fully saturated rings. The molecule has 1 aromatic heterocycles. The molecule has 2 rings (SSSR count). The molecular formula is C13H21NOS. The monoisotopic (exact) mass is 239 g/mol. The second-order valence-corrected chi connectivity index (χ2v) is 5.25. The lowest BCUT2D eigenvalue weighted by Gasteiger charge is -2.22. The predicted octanol–water partition coefficient (Wildman–Crippen LogP) is 2.70. The molecule has 2 unspecified atom stereocenters. The Kier molecular flexibility index (Phi) is 4.82. The fourth-order valence-electron chi connectivity index (χ4n) is 2.35. The molecule has 1 aliphatic rings. The molecule has 2 atom stereocenters. The van der Waals surface area contributed by atoms with Crippen LogP contribution in [-0.2, 0) is 11.2 Å². The maximum absolute atomic E-state index is 5.45. The first-order chi connectivity index (χ1) is 7.90. The van der Waals surface area contributed by atoms with Crippen LogP contribution in [0.25, 0.3) is 0 Å². The molecule has 90 valence electrons. The Morgan fingerprint density at radius 1 is 1.62 bits per heavy atom. The molecule has 1 aromatic rings. The van der Waals surface area contributed by atoms with E-state index >= 15 is 0 Å². The average Bonchev–Trinajstić information content (AvgIpc) is 2.96. The van der Waals surface area contributed by atoms with Gasteiger partial charge in [-0.1, -0.05) is 6.92 Å². The summed E-state index contributed by atoms with van der Waals surface area (Å²) in [6, 6.07) is 2.85. The highest BCUT2D eigenvalue weighted by Crippen LogP contribution is 2.18. The number of nitrogens with one attached hydrogen (secondary N) is 1. The molecule has 0 aliphatic carbocycles. The van der Waals surface area contributed by atoms with Crippen LogP contribution in [0.1, 0.15) is 25.3 Å². The quantitative estimate of drug-likeness (QED) is 0.824. The molecule has 0 amide bonds. The van der Waals surface area contributed by atoms with E-state index in [1.807, 2.05) is 0 Å². The first kappa shape index (κ1) is 12.1. The van der Waals surface area contributed by atoms with Gasteiger partial charge < -0.3 is 10.1 Å². The van der Waals surface area contributed by atoms with E-state index in [0.717, 1.165) is 32.1 Å². The maximum atomic E-state index is 5.45. The molecule has 0 spiro atoms. The second kappa shape index (κ2) is 6.38. The summed E-state index contributed by atoms with van der Waals surface area (Å²) in [5.41, 5.74) is 1.45. The highest BCUT2D eigenvalue weighted by Gasteiger charge is 2.23. The van der Waals surface area contributed by atoms with Crippen molar-refractivity contribution in [1.29, 1.82) is 0 Å². The lowest BCUT2D eigenvalue weighted by Crippen LogP contribution is -2.37. The Labute approximate surface area is 102 Å². The number of ether oxygens (including phenoxy) is 1. The van der Waals surface area contributed by atoms with Gasteiger partial charge in [0.1, 0.15) is 0 Å². The van der Waals surface area contributed by atoms with Crippen molar-refractivity contribution < 1.29 is 4.74 Å². The zero-order valence-electron chi connectivity index (χ0n) is 9.95. The molecule has 1 aliphatic heterocycles. The van der Waals surface area contributed by atoms with Crippen molar-refractivity contribution in [1.82, 2.24) is 5.32 Å². The van der Waals surface area contributed by atoms with Gasteiger partial charge in [-0.15, -0.1) is 0 Å². The van der Waals surface area contributed by atoms with E-state index in [0.29, 0.717) is 6.04 Å². The summed E-state index contributed by atoms with van der Waals surface area (Å²) in [4.78, 5) is 0. The smallest absolute Gasteiger partial charge is 0.0509 e. The van der Waals surface area contributed by atoms with Gasteiger partial charge in [-0.05, 0) is 54.1 Å². The lowest BCUT2D eigenvalue weighted by molar-refractivity contribution is 0.176. The fourth-order valence-corrected chi connectivity index (χ4v) is 3.05. The van der Waals surface area contributed by atoms with Crippen molar-refractivity contribution in [3.8, 4) is 0 Å². The number of rotatable bonds is 6. The number of hydrogen-bond acceptors (Lipinski definition) is 3. The van der Waals surface area contributed by atoms with Gasteiger partial charge in [0, 0.05) is 12.6 Å². The molecule has 0 saturated carbocycles. The minimum Gasteiger partial charge on any atom is -0.381 e. The average molecular weight is 239 g/mol. The zero-order chi connectivity index (χ0) is 11.2. The summed E-state index contributed by atoms with van der Waals surface area (Å²) in [5.74, 6) is 0.729. The molecule has 0 aromatic carbocycles. The summed E-state index contributed by atoms with van der Waals surface area (Å²) >= 11 is 1.78. The normalized spacial score (nSPS) is 22.4. The molecule has 16 heavy (non-hydrogen) atoms. The van der Waals surface area contributed by atoms with Crippen LogP contribution in [0.5, 0.6) is 0 Å². The second-order valence-electron chi connectivity index (χ2n) is 4.47. The third-order valence-electron chi connectivity index (χ3n) is 3.37. The van der Waals surface area contributed by atoms with Crippen LogP contribution in [0.15, 0.2) is 16.8 Å². The van der Waals surface area contributed by atoms with E-state index in [2.05, 4.69) is 29.1 Å². The van der Waals surface area contributed by atoms with Gasteiger partial charge in [0.2, 0.25) is 0 Å². The van der Waals surface area contributed by atoms with Crippen molar-refractivity contribution in [2.45, 2.75) is 32.2 Å². The Balaban J connectivity index is 1.70. The van der Waals surface area contributed by atoms with E-state index < -0.39 is 0 Å². The Morgan fingerprint density at radius 3 is 3.19 bits per heavy atom. The predicted molar refractivity (Wildman–Crippen MR) is 69.0 cm³/mol. The summed E-state index contributed by atoms with van der Waals surface area (Å²) in [5, 5.41) is 8.06. The highest BCUT2D eigenvalue weighted by atomic mass is 32.1. The van der Waals surface area contributed by atoms with Gasteiger partial charge in [-0.25, -0.2) is 0 Å². The van der Waals surface area contributed by atoms with Crippen molar-refractivity contribution >= 4 is 11.3 Å².